The molecule has 130 valence electrons. The fourth-order valence-corrected chi connectivity index (χ4v) is 3.12. The summed E-state index contributed by atoms with van der Waals surface area (Å²) in [6.45, 7) is 0. The lowest BCUT2D eigenvalue weighted by molar-refractivity contribution is -0.138. The standard InChI is InChI=1S/C14H9F6NO2S/c15-13(16,17)10-3-1-2-9(6-10)8-24(22,23)12-5-4-11(7-21-12)14(18,19)20/h1-7H,8H2. The highest BCUT2D eigenvalue weighted by atomic mass is 32.2. The van der Waals surface area contributed by atoms with Crippen molar-refractivity contribution >= 4 is 9.84 Å². The molecule has 2 rings (SSSR count). The lowest BCUT2D eigenvalue weighted by Gasteiger charge is -2.10. The number of hydrogen-bond donors (Lipinski definition) is 0. The number of pyridine rings is 1. The molecule has 0 fully saturated rings. The summed E-state index contributed by atoms with van der Waals surface area (Å²) >= 11 is 0. The predicted molar refractivity (Wildman–Crippen MR) is 71.6 cm³/mol. The van der Waals surface area contributed by atoms with E-state index in [2.05, 4.69) is 4.98 Å². The van der Waals surface area contributed by atoms with Crippen LogP contribution in [0.25, 0.3) is 0 Å². The van der Waals surface area contributed by atoms with Gasteiger partial charge in [0, 0.05) is 6.20 Å². The first kappa shape index (κ1) is 18.2. The Balaban J connectivity index is 2.29. The molecule has 0 unspecified atom stereocenters. The van der Waals surface area contributed by atoms with Crippen LogP contribution >= 0.6 is 0 Å². The van der Waals surface area contributed by atoms with Gasteiger partial charge in [-0.3, -0.25) is 0 Å². The molecular formula is C14H9F6NO2S. The van der Waals surface area contributed by atoms with Gasteiger partial charge in [-0.05, 0) is 23.8 Å². The Morgan fingerprint density at radius 2 is 1.50 bits per heavy atom. The molecule has 0 aliphatic rings. The van der Waals surface area contributed by atoms with Gasteiger partial charge < -0.3 is 0 Å². The minimum Gasteiger partial charge on any atom is -0.244 e. The quantitative estimate of drug-likeness (QED) is 0.766. The summed E-state index contributed by atoms with van der Waals surface area (Å²) in [6, 6.07) is 4.90. The van der Waals surface area contributed by atoms with E-state index in [0.29, 0.717) is 24.4 Å². The normalized spacial score (nSPS) is 13.1. The van der Waals surface area contributed by atoms with E-state index in [1.54, 1.807) is 0 Å². The summed E-state index contributed by atoms with van der Waals surface area (Å²) in [5, 5.41) is -0.645. The highest BCUT2D eigenvalue weighted by molar-refractivity contribution is 7.90. The van der Waals surface area contributed by atoms with Gasteiger partial charge in [-0.25, -0.2) is 13.4 Å². The lowest BCUT2D eigenvalue weighted by Crippen LogP contribution is -2.11. The van der Waals surface area contributed by atoms with Crippen molar-refractivity contribution in [2.45, 2.75) is 23.1 Å². The van der Waals surface area contributed by atoms with E-state index in [-0.39, 0.29) is 5.56 Å². The van der Waals surface area contributed by atoms with Crippen molar-refractivity contribution in [2.24, 2.45) is 0 Å². The summed E-state index contributed by atoms with van der Waals surface area (Å²) in [5.41, 5.74) is -2.29. The van der Waals surface area contributed by atoms with E-state index in [4.69, 9.17) is 0 Å². The van der Waals surface area contributed by atoms with Gasteiger partial charge in [0.25, 0.3) is 0 Å². The van der Waals surface area contributed by atoms with Gasteiger partial charge in [0.2, 0.25) is 0 Å². The van der Waals surface area contributed by atoms with E-state index in [9.17, 15) is 34.8 Å². The summed E-state index contributed by atoms with van der Waals surface area (Å²) in [4.78, 5) is 3.25. The van der Waals surface area contributed by atoms with Crippen LogP contribution in [0.1, 0.15) is 16.7 Å². The molecule has 0 saturated carbocycles. The molecule has 0 spiro atoms. The molecular weight excluding hydrogens is 360 g/mol. The fourth-order valence-electron chi connectivity index (χ4n) is 1.86. The van der Waals surface area contributed by atoms with Crippen LogP contribution in [0.15, 0.2) is 47.6 Å². The maximum absolute atomic E-state index is 12.6. The third-order valence-electron chi connectivity index (χ3n) is 2.99. The topological polar surface area (TPSA) is 47.0 Å². The van der Waals surface area contributed by atoms with E-state index in [0.717, 1.165) is 12.1 Å². The number of alkyl halides is 6. The molecule has 0 aliphatic heterocycles. The summed E-state index contributed by atoms with van der Waals surface area (Å²) in [6.07, 6.45) is -8.94. The number of sulfone groups is 1. The van der Waals surface area contributed by atoms with Crippen molar-refractivity contribution in [3.63, 3.8) is 0 Å². The first-order valence-corrected chi connectivity index (χ1v) is 7.97. The van der Waals surface area contributed by atoms with Crippen LogP contribution in [-0.2, 0) is 27.9 Å². The third kappa shape index (κ3) is 4.25. The fraction of sp³-hybridized carbons (Fsp3) is 0.214. The molecule has 1 aromatic heterocycles. The molecule has 1 heterocycles. The van der Waals surface area contributed by atoms with E-state index < -0.39 is 44.1 Å². The Labute approximate surface area is 132 Å². The van der Waals surface area contributed by atoms with Crippen molar-refractivity contribution in [1.29, 1.82) is 0 Å². The van der Waals surface area contributed by atoms with E-state index in [1.807, 2.05) is 0 Å². The van der Waals surface area contributed by atoms with Gasteiger partial charge in [-0.1, -0.05) is 18.2 Å². The van der Waals surface area contributed by atoms with Crippen LogP contribution in [0, 0.1) is 0 Å². The van der Waals surface area contributed by atoms with Gasteiger partial charge in [-0.2, -0.15) is 26.3 Å². The zero-order valence-electron chi connectivity index (χ0n) is 11.7. The number of halogens is 6. The number of hydrogen-bond acceptors (Lipinski definition) is 3. The Kier molecular flexibility index (Phi) is 4.62. The maximum atomic E-state index is 12.6. The van der Waals surface area contributed by atoms with Crippen LogP contribution < -0.4 is 0 Å². The van der Waals surface area contributed by atoms with Crippen molar-refractivity contribution in [3.05, 3.63) is 59.3 Å². The Hall–Kier alpha value is -2.10. The van der Waals surface area contributed by atoms with Crippen molar-refractivity contribution in [1.82, 2.24) is 4.98 Å². The highest BCUT2D eigenvalue weighted by Crippen LogP contribution is 2.31. The van der Waals surface area contributed by atoms with Gasteiger partial charge in [0.05, 0.1) is 16.9 Å². The minimum absolute atomic E-state index is 0.147. The molecule has 2 aromatic rings. The molecule has 0 aliphatic carbocycles. The number of rotatable bonds is 3. The Morgan fingerprint density at radius 1 is 0.875 bits per heavy atom. The maximum Gasteiger partial charge on any atom is 0.417 e. The lowest BCUT2D eigenvalue weighted by atomic mass is 10.1. The number of benzene rings is 1. The molecule has 24 heavy (non-hydrogen) atoms. The van der Waals surface area contributed by atoms with Crippen molar-refractivity contribution < 1.29 is 34.8 Å². The summed E-state index contributed by atoms with van der Waals surface area (Å²) < 4.78 is 99.3. The monoisotopic (exact) mass is 369 g/mol. The second kappa shape index (κ2) is 6.08. The highest BCUT2D eigenvalue weighted by Gasteiger charge is 2.32. The molecule has 10 heteroatoms. The van der Waals surface area contributed by atoms with Gasteiger partial charge in [0.1, 0.15) is 0 Å². The predicted octanol–water partition coefficient (Wildman–Crippen LogP) is 4.09. The average Bonchev–Trinajstić information content (AvgIpc) is 2.45. The van der Waals surface area contributed by atoms with Crippen LogP contribution in [0.2, 0.25) is 0 Å². The van der Waals surface area contributed by atoms with E-state index >= 15 is 0 Å². The molecule has 0 N–H and O–H groups in total. The SMILES string of the molecule is O=S(=O)(Cc1cccc(C(F)(F)F)c1)c1ccc(C(F)(F)F)cn1. The minimum atomic E-state index is -4.67. The smallest absolute Gasteiger partial charge is 0.244 e. The molecule has 3 nitrogen and oxygen atoms in total. The zero-order valence-corrected chi connectivity index (χ0v) is 12.5. The summed E-state index contributed by atoms with van der Waals surface area (Å²) in [5.74, 6) is -0.810. The summed E-state index contributed by atoms with van der Waals surface area (Å²) in [7, 11) is -4.18. The largest absolute Gasteiger partial charge is 0.417 e. The second-order valence-electron chi connectivity index (χ2n) is 4.84. The van der Waals surface area contributed by atoms with E-state index in [1.165, 1.54) is 6.07 Å². The van der Waals surface area contributed by atoms with Crippen molar-refractivity contribution in [2.75, 3.05) is 0 Å². The van der Waals surface area contributed by atoms with Crippen LogP contribution in [0.4, 0.5) is 26.3 Å². The van der Waals surface area contributed by atoms with Gasteiger partial charge >= 0.3 is 12.4 Å². The zero-order chi connectivity index (χ0) is 18.2. The van der Waals surface area contributed by atoms with Crippen LogP contribution in [0.3, 0.4) is 0 Å². The number of aromatic nitrogens is 1. The Morgan fingerprint density at radius 3 is 2.00 bits per heavy atom. The van der Waals surface area contributed by atoms with Gasteiger partial charge in [-0.15, -0.1) is 0 Å². The van der Waals surface area contributed by atoms with Gasteiger partial charge in [0.15, 0.2) is 14.9 Å². The molecule has 0 bridgehead atoms. The van der Waals surface area contributed by atoms with Crippen molar-refractivity contribution in [3.8, 4) is 0 Å². The molecule has 1 aromatic carbocycles. The molecule has 0 saturated heterocycles. The first-order valence-electron chi connectivity index (χ1n) is 6.32. The third-order valence-corrected chi connectivity index (χ3v) is 4.59. The molecule has 0 atom stereocenters. The first-order chi connectivity index (χ1) is 10.9. The van der Waals surface area contributed by atoms with Crippen LogP contribution in [-0.4, -0.2) is 13.4 Å². The number of nitrogens with zero attached hydrogens (tertiary/aromatic N) is 1. The second-order valence-corrected chi connectivity index (χ2v) is 6.78. The Bertz CT molecular complexity index is 826. The molecule has 0 radical (unpaired) electrons. The average molecular weight is 369 g/mol. The van der Waals surface area contributed by atoms with Crippen LogP contribution in [0.5, 0.6) is 0 Å². The molecule has 0 amide bonds.